The van der Waals surface area contributed by atoms with Crippen molar-refractivity contribution in [3.8, 4) is 11.7 Å². The molecule has 0 aliphatic carbocycles. The Balaban J connectivity index is 0.000000172. The fourth-order valence-electron chi connectivity index (χ4n) is 5.90. The molecule has 0 bridgehead atoms. The van der Waals surface area contributed by atoms with Gasteiger partial charge in [0, 0.05) is 28.7 Å². The molecule has 3 aromatic heterocycles. The van der Waals surface area contributed by atoms with E-state index in [1.54, 1.807) is 48.7 Å². The molecule has 4 aromatic carbocycles. The summed E-state index contributed by atoms with van der Waals surface area (Å²) in [6.07, 6.45) is -3.49. The van der Waals surface area contributed by atoms with Crippen LogP contribution in [-0.2, 0) is 0 Å². The third kappa shape index (κ3) is 7.90. The molecule has 0 saturated carbocycles. The smallest absolute Gasteiger partial charge is 0.406 e. The van der Waals surface area contributed by atoms with Gasteiger partial charge in [0.2, 0.25) is 18.1 Å². The Bertz CT molecular complexity index is 2660. The van der Waals surface area contributed by atoms with Crippen LogP contribution in [0, 0.1) is 31.3 Å². The van der Waals surface area contributed by atoms with Crippen molar-refractivity contribution in [3.05, 3.63) is 131 Å². The number of hydrogen-bond donors (Lipinski definition) is 2. The molecule has 7 aromatic rings. The molecular weight excluding hydrogens is 769 g/mol. The van der Waals surface area contributed by atoms with E-state index in [4.69, 9.17) is 17.3 Å². The Morgan fingerprint density at radius 1 is 0.786 bits per heavy atom. The Morgan fingerprint density at radius 2 is 1.45 bits per heavy atom. The van der Waals surface area contributed by atoms with Crippen molar-refractivity contribution in [1.82, 2.24) is 29.1 Å². The number of alkyl halides is 3. The molecule has 0 radical (unpaired) electrons. The molecule has 1 unspecified atom stereocenters. The first kappa shape index (κ1) is 37.6. The number of ether oxygens (including phenoxy) is 1. The first-order valence-corrected chi connectivity index (χ1v) is 16.7. The molecule has 1 atom stereocenters. The van der Waals surface area contributed by atoms with Crippen LogP contribution in [0.4, 0.5) is 53.7 Å². The molecule has 0 spiro atoms. The summed E-state index contributed by atoms with van der Waals surface area (Å²) in [6.45, 7) is 3.41. The van der Waals surface area contributed by atoms with Crippen LogP contribution in [0.1, 0.15) is 17.9 Å². The summed E-state index contributed by atoms with van der Waals surface area (Å²) >= 11 is 5.96. The molecule has 0 saturated heterocycles. The highest BCUT2D eigenvalue weighted by molar-refractivity contribution is 6.30. The van der Waals surface area contributed by atoms with Gasteiger partial charge in [-0.05, 0) is 86.6 Å². The average molecular weight is 795 g/mol. The van der Waals surface area contributed by atoms with Gasteiger partial charge in [0.15, 0.2) is 17.5 Å². The lowest BCUT2D eigenvalue weighted by atomic mass is 10.2. The van der Waals surface area contributed by atoms with E-state index in [2.05, 4.69) is 35.0 Å². The Kier molecular flexibility index (Phi) is 9.98. The maximum atomic E-state index is 14.5. The average Bonchev–Trinajstić information content (AvgIpc) is 3.64. The molecular formula is C37H26ClF7N10O. The second kappa shape index (κ2) is 14.9. The zero-order valence-corrected chi connectivity index (χ0v) is 29.7. The number of benzene rings is 4. The number of nitrogens with one attached hydrogen (secondary N) is 1. The molecule has 1 aliphatic heterocycles. The number of nitrogens with zero attached hydrogens (tertiary/aromatic N) is 8. The van der Waals surface area contributed by atoms with Gasteiger partial charge < -0.3 is 20.7 Å². The van der Waals surface area contributed by atoms with E-state index >= 15 is 0 Å². The topological polar surface area (TPSA) is 124 Å². The summed E-state index contributed by atoms with van der Waals surface area (Å²) in [7, 11) is 0. The normalized spacial score (nSPS) is 14.1. The zero-order chi connectivity index (χ0) is 39.9. The van der Waals surface area contributed by atoms with Crippen molar-refractivity contribution in [2.75, 3.05) is 16.0 Å². The second-order valence-corrected chi connectivity index (χ2v) is 12.5. The number of nitrogen functional groups attached to an aromatic ring is 1. The van der Waals surface area contributed by atoms with Crippen LogP contribution in [0.5, 0.6) is 5.75 Å². The van der Waals surface area contributed by atoms with Crippen molar-refractivity contribution >= 4 is 62.9 Å². The van der Waals surface area contributed by atoms with Gasteiger partial charge in [0.05, 0.1) is 28.3 Å². The summed E-state index contributed by atoms with van der Waals surface area (Å²) in [6, 6.07) is 19.9. The van der Waals surface area contributed by atoms with Gasteiger partial charge in [0.1, 0.15) is 29.0 Å². The Morgan fingerprint density at radius 3 is 2.12 bits per heavy atom. The standard InChI is InChI=1S/C19H13F5N4O.C18H13ClF2N6/c1-11-26-16-7-2-12(20)8-17(16)28(11)18-25-9-13(21)10-27(18)14-3-5-15(6-4-14)29-19(22,23)24;1-9-23-13-6-5-11(20)8-14(13)27(9)18-25-16(22)15(21)17(26-18)24-12-4-2-3-10(19)7-12/h2-10,18H,1H3;2-8H,1H3,(H3,22,24,25,26). The largest absolute Gasteiger partial charge is 0.573 e. The summed E-state index contributed by atoms with van der Waals surface area (Å²) in [5.74, 6) is -2.15. The molecule has 3 N–H and O–H groups in total. The number of aryl methyl sites for hydroxylation is 2. The highest BCUT2D eigenvalue weighted by Gasteiger charge is 2.31. The van der Waals surface area contributed by atoms with E-state index in [9.17, 15) is 30.7 Å². The number of aromatic nitrogens is 6. The number of allylic oxidation sites excluding steroid dienone is 1. The van der Waals surface area contributed by atoms with Gasteiger partial charge in [-0.15, -0.1) is 13.2 Å². The predicted octanol–water partition coefficient (Wildman–Crippen LogP) is 9.62. The molecule has 1 aliphatic rings. The summed E-state index contributed by atoms with van der Waals surface area (Å²) in [5, 5.41) is 3.32. The maximum absolute atomic E-state index is 14.5. The Hall–Kier alpha value is -6.69. The van der Waals surface area contributed by atoms with Crippen LogP contribution >= 0.6 is 11.6 Å². The Labute approximate surface area is 317 Å². The lowest BCUT2D eigenvalue weighted by Crippen LogP contribution is -2.30. The number of aliphatic imine (C=N–C) groups is 1. The lowest BCUT2D eigenvalue weighted by molar-refractivity contribution is -0.274. The number of hydrogen-bond acceptors (Lipinski definition) is 9. The number of halogens is 8. The monoisotopic (exact) mass is 794 g/mol. The first-order valence-electron chi connectivity index (χ1n) is 16.3. The van der Waals surface area contributed by atoms with Crippen LogP contribution < -0.4 is 20.7 Å². The third-order valence-corrected chi connectivity index (χ3v) is 8.44. The third-order valence-electron chi connectivity index (χ3n) is 8.21. The molecule has 56 heavy (non-hydrogen) atoms. The van der Waals surface area contributed by atoms with Crippen LogP contribution in [0.3, 0.4) is 0 Å². The fraction of sp³-hybridized carbons (Fsp3) is 0.108. The highest BCUT2D eigenvalue weighted by atomic mass is 35.5. The fourth-order valence-corrected chi connectivity index (χ4v) is 6.09. The van der Waals surface area contributed by atoms with Crippen molar-refractivity contribution in [2.45, 2.75) is 26.5 Å². The summed E-state index contributed by atoms with van der Waals surface area (Å²) < 4.78 is 100.0. The molecule has 0 fully saturated rings. The van der Waals surface area contributed by atoms with E-state index in [-0.39, 0.29) is 17.6 Å². The van der Waals surface area contributed by atoms with Crippen molar-refractivity contribution < 1.29 is 35.5 Å². The van der Waals surface area contributed by atoms with Crippen LogP contribution in [0.2, 0.25) is 5.02 Å². The van der Waals surface area contributed by atoms with Crippen molar-refractivity contribution in [1.29, 1.82) is 0 Å². The van der Waals surface area contributed by atoms with Gasteiger partial charge in [-0.3, -0.25) is 9.13 Å². The van der Waals surface area contributed by atoms with Crippen molar-refractivity contribution in [2.24, 2.45) is 4.99 Å². The van der Waals surface area contributed by atoms with Gasteiger partial charge in [-0.25, -0.2) is 28.1 Å². The van der Waals surface area contributed by atoms with E-state index < -0.39 is 41.7 Å². The molecule has 0 amide bonds. The van der Waals surface area contributed by atoms with Crippen LogP contribution in [0.15, 0.2) is 102 Å². The number of fused-ring (bicyclic) bond motifs is 2. The van der Waals surface area contributed by atoms with E-state index in [0.717, 1.165) is 24.5 Å². The van der Waals surface area contributed by atoms with Gasteiger partial charge in [0.25, 0.3) is 0 Å². The van der Waals surface area contributed by atoms with Gasteiger partial charge >= 0.3 is 6.36 Å². The molecule has 11 nitrogen and oxygen atoms in total. The minimum Gasteiger partial charge on any atom is -0.406 e. The van der Waals surface area contributed by atoms with Gasteiger partial charge in [-0.2, -0.15) is 14.4 Å². The lowest BCUT2D eigenvalue weighted by Gasteiger charge is -2.31. The van der Waals surface area contributed by atoms with E-state index in [0.29, 0.717) is 50.1 Å². The molecule has 19 heteroatoms. The molecule has 8 rings (SSSR count). The number of rotatable bonds is 6. The molecule has 4 heterocycles. The number of imidazole rings is 2. The van der Waals surface area contributed by atoms with Crippen LogP contribution in [0.25, 0.3) is 28.0 Å². The second-order valence-electron chi connectivity index (χ2n) is 12.1. The first-order chi connectivity index (χ1) is 26.6. The minimum absolute atomic E-state index is 0.0732. The van der Waals surface area contributed by atoms with E-state index in [1.807, 2.05) is 0 Å². The maximum Gasteiger partial charge on any atom is 0.573 e. The van der Waals surface area contributed by atoms with Gasteiger partial charge in [-0.1, -0.05) is 17.7 Å². The highest BCUT2D eigenvalue weighted by Crippen LogP contribution is 2.34. The summed E-state index contributed by atoms with van der Waals surface area (Å²) in [4.78, 5) is 22.5. The number of nitrogens with two attached hydrogens (primary N) is 1. The minimum atomic E-state index is -4.82. The molecule has 286 valence electrons. The quantitative estimate of drug-likeness (QED) is 0.160. The van der Waals surface area contributed by atoms with E-state index in [1.165, 1.54) is 51.9 Å². The zero-order valence-electron chi connectivity index (χ0n) is 28.9. The SMILES string of the molecule is Cc1nc2ccc(F)cc2n1-c1nc(N)c(F)c(Nc2cccc(Cl)c2)n1.Cc1nc2ccc(F)cc2n1C1N=CC(F)=CN1c1ccc(OC(F)(F)F)cc1. The summed E-state index contributed by atoms with van der Waals surface area (Å²) in [5.41, 5.74) is 8.61. The van der Waals surface area contributed by atoms with Crippen LogP contribution in [-0.4, -0.2) is 41.6 Å². The van der Waals surface area contributed by atoms with Crippen molar-refractivity contribution in [3.63, 3.8) is 0 Å². The predicted molar refractivity (Wildman–Crippen MR) is 197 cm³/mol. The number of anilines is 4.